The Kier molecular flexibility index (Phi) is 5.46. The van der Waals surface area contributed by atoms with Crippen molar-refractivity contribution in [1.82, 2.24) is 14.9 Å². The number of nitrogens with two attached hydrogens (primary N) is 1. The number of hydrogen-bond donors (Lipinski definition) is 1. The summed E-state index contributed by atoms with van der Waals surface area (Å²) in [6.07, 6.45) is 8.24. The van der Waals surface area contributed by atoms with Crippen molar-refractivity contribution in [3.05, 3.63) is 36.2 Å². The maximum absolute atomic E-state index is 12.9. The molecular formula is C22H28N4O2. The van der Waals surface area contributed by atoms with E-state index < -0.39 is 0 Å². The lowest BCUT2D eigenvalue weighted by molar-refractivity contribution is -0.136. The van der Waals surface area contributed by atoms with Crippen LogP contribution in [-0.2, 0) is 4.79 Å². The van der Waals surface area contributed by atoms with E-state index in [1.54, 1.807) is 13.3 Å². The van der Waals surface area contributed by atoms with E-state index in [0.717, 1.165) is 61.3 Å². The molecule has 2 aromatic rings. The van der Waals surface area contributed by atoms with Gasteiger partial charge < -0.3 is 15.4 Å². The van der Waals surface area contributed by atoms with E-state index in [-0.39, 0.29) is 17.8 Å². The highest BCUT2D eigenvalue weighted by Crippen LogP contribution is 2.35. The summed E-state index contributed by atoms with van der Waals surface area (Å²) in [5.74, 6) is 1.83. The van der Waals surface area contributed by atoms with E-state index in [2.05, 4.69) is 14.9 Å². The van der Waals surface area contributed by atoms with Crippen LogP contribution < -0.4 is 10.5 Å². The van der Waals surface area contributed by atoms with E-state index >= 15 is 0 Å². The molecule has 2 N–H and O–H groups in total. The Labute approximate surface area is 166 Å². The minimum absolute atomic E-state index is 0.182. The van der Waals surface area contributed by atoms with E-state index in [1.165, 1.54) is 12.8 Å². The monoisotopic (exact) mass is 380 g/mol. The van der Waals surface area contributed by atoms with E-state index in [9.17, 15) is 4.79 Å². The molecule has 1 aliphatic heterocycles. The van der Waals surface area contributed by atoms with Crippen molar-refractivity contribution >= 4 is 11.9 Å². The molecule has 1 aromatic heterocycles. The quantitative estimate of drug-likeness (QED) is 0.876. The summed E-state index contributed by atoms with van der Waals surface area (Å²) in [6, 6.07) is 7.90. The Balaban J connectivity index is 1.60. The lowest BCUT2D eigenvalue weighted by Crippen LogP contribution is -2.42. The normalized spacial score (nSPS) is 20.3. The highest BCUT2D eigenvalue weighted by Gasteiger charge is 2.32. The smallest absolute Gasteiger partial charge is 0.225 e. The van der Waals surface area contributed by atoms with Gasteiger partial charge in [0.15, 0.2) is 0 Å². The molecule has 1 amide bonds. The van der Waals surface area contributed by atoms with Crippen LogP contribution in [0.2, 0.25) is 0 Å². The predicted molar refractivity (Wildman–Crippen MR) is 109 cm³/mol. The molecule has 2 heterocycles. The third kappa shape index (κ3) is 3.81. The first kappa shape index (κ1) is 18.7. The molecular weight excluding hydrogens is 352 g/mol. The maximum atomic E-state index is 12.9. The Morgan fingerprint density at radius 1 is 1.14 bits per heavy atom. The van der Waals surface area contributed by atoms with Crippen LogP contribution in [0.4, 0.5) is 5.95 Å². The second-order valence-corrected chi connectivity index (χ2v) is 7.86. The Morgan fingerprint density at radius 2 is 1.89 bits per heavy atom. The first-order chi connectivity index (χ1) is 13.7. The van der Waals surface area contributed by atoms with Gasteiger partial charge in [0.05, 0.1) is 12.8 Å². The fraction of sp³-hybridized carbons (Fsp3) is 0.500. The van der Waals surface area contributed by atoms with Gasteiger partial charge in [0.25, 0.3) is 0 Å². The number of aromatic nitrogens is 2. The Morgan fingerprint density at radius 3 is 2.61 bits per heavy atom. The van der Waals surface area contributed by atoms with E-state index in [0.29, 0.717) is 5.91 Å². The number of amides is 1. The Hall–Kier alpha value is -2.63. The SMILES string of the molecule is COc1ccc(-c2cnc(N)nc2[C@@H]2CCCN(C(=O)C3CCCC3)C2)cc1. The third-order valence-electron chi connectivity index (χ3n) is 6.06. The molecule has 1 saturated heterocycles. The fourth-order valence-electron chi connectivity index (χ4n) is 4.54. The number of carbonyl (C=O) groups is 1. The number of nitrogen functional groups attached to an aromatic ring is 1. The van der Waals surface area contributed by atoms with Crippen LogP contribution in [0.1, 0.15) is 50.1 Å². The number of benzene rings is 1. The summed E-state index contributed by atoms with van der Waals surface area (Å²) in [5, 5.41) is 0. The summed E-state index contributed by atoms with van der Waals surface area (Å²) in [4.78, 5) is 23.8. The number of methoxy groups -OCH3 is 1. The molecule has 1 aromatic carbocycles. The number of hydrogen-bond acceptors (Lipinski definition) is 5. The van der Waals surface area contributed by atoms with Gasteiger partial charge in [-0.15, -0.1) is 0 Å². The summed E-state index contributed by atoms with van der Waals surface area (Å²) in [6.45, 7) is 1.57. The van der Waals surface area contributed by atoms with Crippen LogP contribution in [0.25, 0.3) is 11.1 Å². The second kappa shape index (κ2) is 8.17. The molecule has 1 aliphatic carbocycles. The second-order valence-electron chi connectivity index (χ2n) is 7.86. The van der Waals surface area contributed by atoms with Crippen LogP contribution in [0.5, 0.6) is 5.75 Å². The number of anilines is 1. The van der Waals surface area contributed by atoms with Crippen molar-refractivity contribution in [3.8, 4) is 16.9 Å². The van der Waals surface area contributed by atoms with Crippen molar-refractivity contribution in [1.29, 1.82) is 0 Å². The molecule has 0 bridgehead atoms. The van der Waals surface area contributed by atoms with Crippen molar-refractivity contribution in [3.63, 3.8) is 0 Å². The molecule has 0 unspecified atom stereocenters. The van der Waals surface area contributed by atoms with Crippen molar-refractivity contribution in [2.45, 2.75) is 44.4 Å². The molecule has 1 atom stereocenters. The van der Waals surface area contributed by atoms with Gasteiger partial charge in [0.1, 0.15) is 5.75 Å². The van der Waals surface area contributed by atoms with Gasteiger partial charge in [-0.1, -0.05) is 25.0 Å². The Bertz CT molecular complexity index is 831. The van der Waals surface area contributed by atoms with Crippen LogP contribution in [-0.4, -0.2) is 41.0 Å². The zero-order valence-electron chi connectivity index (χ0n) is 16.4. The highest BCUT2D eigenvalue weighted by atomic mass is 16.5. The predicted octanol–water partition coefficient (Wildman–Crippen LogP) is 3.63. The first-order valence-corrected chi connectivity index (χ1v) is 10.2. The first-order valence-electron chi connectivity index (χ1n) is 10.2. The molecule has 1 saturated carbocycles. The molecule has 2 fully saturated rings. The average Bonchev–Trinajstić information content (AvgIpc) is 3.28. The maximum Gasteiger partial charge on any atom is 0.225 e. The van der Waals surface area contributed by atoms with Gasteiger partial charge in [0, 0.05) is 36.7 Å². The molecule has 6 nitrogen and oxygen atoms in total. The lowest BCUT2D eigenvalue weighted by atomic mass is 9.89. The molecule has 2 aliphatic rings. The van der Waals surface area contributed by atoms with Crippen LogP contribution in [0.15, 0.2) is 30.5 Å². The highest BCUT2D eigenvalue weighted by molar-refractivity contribution is 5.79. The van der Waals surface area contributed by atoms with E-state index in [1.807, 2.05) is 24.3 Å². The zero-order chi connectivity index (χ0) is 19.5. The summed E-state index contributed by atoms with van der Waals surface area (Å²) >= 11 is 0. The van der Waals surface area contributed by atoms with Gasteiger partial charge >= 0.3 is 0 Å². The van der Waals surface area contributed by atoms with Crippen molar-refractivity contribution in [2.24, 2.45) is 5.92 Å². The summed E-state index contributed by atoms with van der Waals surface area (Å²) in [7, 11) is 1.66. The van der Waals surface area contributed by atoms with Crippen LogP contribution in [0, 0.1) is 5.92 Å². The third-order valence-corrected chi connectivity index (χ3v) is 6.06. The van der Waals surface area contributed by atoms with Gasteiger partial charge in [-0.25, -0.2) is 9.97 Å². The molecule has 28 heavy (non-hydrogen) atoms. The number of rotatable bonds is 4. The standard InChI is InChI=1S/C22H28N4O2/c1-28-18-10-8-15(9-11-18)19-13-24-22(23)25-20(19)17-7-4-12-26(14-17)21(27)16-5-2-3-6-16/h8-11,13,16-17H,2-7,12,14H2,1H3,(H2,23,24,25)/t17-/m1/s1. The molecule has 4 rings (SSSR count). The van der Waals surface area contributed by atoms with Crippen molar-refractivity contribution < 1.29 is 9.53 Å². The average molecular weight is 380 g/mol. The minimum Gasteiger partial charge on any atom is -0.497 e. The van der Waals surface area contributed by atoms with Gasteiger partial charge in [-0.3, -0.25) is 4.79 Å². The summed E-state index contributed by atoms with van der Waals surface area (Å²) < 4.78 is 5.26. The fourth-order valence-corrected chi connectivity index (χ4v) is 4.54. The summed E-state index contributed by atoms with van der Waals surface area (Å²) in [5.41, 5.74) is 8.90. The number of piperidine rings is 1. The molecule has 0 radical (unpaired) electrons. The van der Waals surface area contributed by atoms with Gasteiger partial charge in [-0.2, -0.15) is 0 Å². The molecule has 0 spiro atoms. The van der Waals surface area contributed by atoms with Gasteiger partial charge in [0.2, 0.25) is 11.9 Å². The number of nitrogens with zero attached hydrogens (tertiary/aromatic N) is 3. The van der Waals surface area contributed by atoms with Crippen LogP contribution in [0.3, 0.4) is 0 Å². The lowest BCUT2D eigenvalue weighted by Gasteiger charge is -2.34. The number of ether oxygens (including phenoxy) is 1. The van der Waals surface area contributed by atoms with Crippen molar-refractivity contribution in [2.75, 3.05) is 25.9 Å². The molecule has 148 valence electrons. The molecule has 6 heteroatoms. The van der Waals surface area contributed by atoms with Gasteiger partial charge in [-0.05, 0) is 43.4 Å². The van der Waals surface area contributed by atoms with Crippen LogP contribution >= 0.6 is 0 Å². The topological polar surface area (TPSA) is 81.3 Å². The number of carbonyl (C=O) groups excluding carboxylic acids is 1. The zero-order valence-corrected chi connectivity index (χ0v) is 16.4. The number of likely N-dealkylation sites (tertiary alicyclic amines) is 1. The van der Waals surface area contributed by atoms with E-state index in [4.69, 9.17) is 10.5 Å². The minimum atomic E-state index is 0.182. The largest absolute Gasteiger partial charge is 0.497 e.